The first-order chi connectivity index (χ1) is 8.65. The van der Waals surface area contributed by atoms with Gasteiger partial charge in [0.1, 0.15) is 17.1 Å². The summed E-state index contributed by atoms with van der Waals surface area (Å²) >= 11 is 0. The fourth-order valence-electron chi connectivity index (χ4n) is 1.93. The number of pyridine rings is 1. The highest BCUT2D eigenvalue weighted by Crippen LogP contribution is 2.23. The highest BCUT2D eigenvalue weighted by atomic mass is 16.4. The Morgan fingerprint density at radius 2 is 2.33 bits per heavy atom. The van der Waals surface area contributed by atoms with Gasteiger partial charge >= 0.3 is 5.97 Å². The molecule has 18 heavy (non-hydrogen) atoms. The van der Waals surface area contributed by atoms with E-state index in [0.717, 1.165) is 13.0 Å². The third kappa shape index (κ3) is 2.14. The van der Waals surface area contributed by atoms with Crippen LogP contribution in [0, 0.1) is 0 Å². The molecule has 3 N–H and O–H groups in total. The summed E-state index contributed by atoms with van der Waals surface area (Å²) < 4.78 is 1.63. The molecule has 6 heteroatoms. The van der Waals surface area contributed by atoms with E-state index >= 15 is 0 Å². The van der Waals surface area contributed by atoms with Gasteiger partial charge in [-0.2, -0.15) is 0 Å². The monoisotopic (exact) mass is 249 g/mol. The van der Waals surface area contributed by atoms with Gasteiger partial charge in [-0.3, -0.25) is 4.40 Å². The number of carboxylic acids is 1. The van der Waals surface area contributed by atoms with Gasteiger partial charge in [0.05, 0.1) is 0 Å². The van der Waals surface area contributed by atoms with Crippen LogP contribution >= 0.6 is 0 Å². The number of carboxylic acid groups (broad SMARTS) is 1. The van der Waals surface area contributed by atoms with Crippen LogP contribution in [0.3, 0.4) is 0 Å². The molecule has 2 aromatic rings. The van der Waals surface area contributed by atoms with E-state index in [-0.39, 0.29) is 17.0 Å². The van der Waals surface area contributed by atoms with Crippen LogP contribution in [0.2, 0.25) is 0 Å². The molecule has 2 aromatic heterocycles. The van der Waals surface area contributed by atoms with Gasteiger partial charge < -0.3 is 15.5 Å². The number of nitrogens with one attached hydrogen (secondary N) is 1. The molecule has 0 bridgehead atoms. The molecular weight excluding hydrogens is 234 g/mol. The van der Waals surface area contributed by atoms with Gasteiger partial charge in [-0.15, -0.1) is 0 Å². The first kappa shape index (κ1) is 12.4. The largest absolute Gasteiger partial charge is 0.506 e. The highest BCUT2D eigenvalue weighted by Gasteiger charge is 2.18. The fraction of sp³-hybridized carbons (Fsp3) is 0.333. The Hall–Kier alpha value is -2.08. The summed E-state index contributed by atoms with van der Waals surface area (Å²) in [5.41, 5.74) is 0.150. The zero-order valence-corrected chi connectivity index (χ0v) is 10.1. The van der Waals surface area contributed by atoms with Crippen LogP contribution in [0.5, 0.6) is 5.75 Å². The maximum Gasteiger partial charge on any atom is 0.356 e. The normalized spacial score (nSPS) is 10.9. The number of nitrogens with zero attached hydrogens (tertiary/aromatic N) is 2. The summed E-state index contributed by atoms with van der Waals surface area (Å²) in [4.78, 5) is 15.2. The van der Waals surface area contributed by atoms with Crippen molar-refractivity contribution in [3.8, 4) is 5.75 Å². The van der Waals surface area contributed by atoms with Gasteiger partial charge in [-0.25, -0.2) is 9.78 Å². The molecule has 0 radical (unpaired) electrons. The number of aromatic carboxylic acids is 1. The Kier molecular flexibility index (Phi) is 3.47. The Bertz CT molecular complexity index is 577. The van der Waals surface area contributed by atoms with Gasteiger partial charge in [0.15, 0.2) is 5.69 Å². The number of imidazole rings is 1. The van der Waals surface area contributed by atoms with E-state index < -0.39 is 5.97 Å². The number of aromatic nitrogens is 2. The maximum atomic E-state index is 11.1. The van der Waals surface area contributed by atoms with Crippen molar-refractivity contribution >= 4 is 11.5 Å². The number of fused-ring (bicyclic) bond motifs is 1. The molecule has 6 nitrogen and oxygen atoms in total. The molecule has 0 saturated heterocycles. The van der Waals surface area contributed by atoms with Crippen LogP contribution in [-0.2, 0) is 6.42 Å². The molecule has 0 amide bonds. The molecule has 0 aliphatic carbocycles. The zero-order valence-electron chi connectivity index (χ0n) is 10.1. The first-order valence-corrected chi connectivity index (χ1v) is 5.72. The average molecular weight is 249 g/mol. The van der Waals surface area contributed by atoms with Gasteiger partial charge in [-0.05, 0) is 32.1 Å². The lowest BCUT2D eigenvalue weighted by Crippen LogP contribution is -2.09. The molecule has 0 spiro atoms. The average Bonchev–Trinajstić information content (AvgIpc) is 2.70. The van der Waals surface area contributed by atoms with E-state index in [1.54, 1.807) is 16.7 Å². The summed E-state index contributed by atoms with van der Waals surface area (Å²) in [5, 5.41) is 21.9. The molecule has 0 atom stereocenters. The molecule has 96 valence electrons. The minimum atomic E-state index is -1.13. The van der Waals surface area contributed by atoms with Crippen molar-refractivity contribution in [3.63, 3.8) is 0 Å². The maximum absolute atomic E-state index is 11.1. The fourth-order valence-corrected chi connectivity index (χ4v) is 1.93. The number of carbonyl (C=O) groups is 1. The summed E-state index contributed by atoms with van der Waals surface area (Å²) in [6.07, 6.45) is 3.21. The van der Waals surface area contributed by atoms with E-state index in [1.807, 2.05) is 7.05 Å². The number of aromatic hydroxyl groups is 1. The van der Waals surface area contributed by atoms with Crippen molar-refractivity contribution in [2.24, 2.45) is 0 Å². The van der Waals surface area contributed by atoms with Crippen LogP contribution in [0.4, 0.5) is 0 Å². The summed E-state index contributed by atoms with van der Waals surface area (Å²) in [6.45, 7) is 0.829. The number of aryl methyl sites for hydroxylation is 1. The Labute approximate surface area is 104 Å². The lowest BCUT2D eigenvalue weighted by atomic mass is 10.3. The van der Waals surface area contributed by atoms with Gasteiger partial charge in [0.25, 0.3) is 0 Å². The van der Waals surface area contributed by atoms with E-state index in [2.05, 4.69) is 10.3 Å². The molecule has 0 aromatic carbocycles. The van der Waals surface area contributed by atoms with E-state index in [0.29, 0.717) is 12.2 Å². The minimum absolute atomic E-state index is 0.0673. The van der Waals surface area contributed by atoms with Crippen molar-refractivity contribution in [3.05, 3.63) is 29.8 Å². The third-order valence-corrected chi connectivity index (χ3v) is 2.75. The second-order valence-corrected chi connectivity index (χ2v) is 4.00. The number of hydrogen-bond acceptors (Lipinski definition) is 4. The molecule has 0 unspecified atom stereocenters. The third-order valence-electron chi connectivity index (χ3n) is 2.75. The molecule has 2 rings (SSSR count). The van der Waals surface area contributed by atoms with Crippen molar-refractivity contribution < 1.29 is 15.0 Å². The van der Waals surface area contributed by atoms with Crippen LogP contribution in [0.15, 0.2) is 18.3 Å². The first-order valence-electron chi connectivity index (χ1n) is 5.72. The number of rotatable bonds is 5. The second kappa shape index (κ2) is 5.05. The Balaban J connectivity index is 2.48. The van der Waals surface area contributed by atoms with Crippen LogP contribution < -0.4 is 5.32 Å². The van der Waals surface area contributed by atoms with Crippen molar-refractivity contribution in [1.29, 1.82) is 0 Å². The van der Waals surface area contributed by atoms with E-state index in [9.17, 15) is 9.90 Å². The van der Waals surface area contributed by atoms with Crippen LogP contribution in [0.1, 0.15) is 22.7 Å². The summed E-state index contributed by atoms with van der Waals surface area (Å²) in [5.74, 6) is -0.551. The lowest BCUT2D eigenvalue weighted by Gasteiger charge is -2.01. The molecule has 0 aliphatic rings. The highest BCUT2D eigenvalue weighted by molar-refractivity contribution is 5.95. The molecular formula is C12H15N3O3. The van der Waals surface area contributed by atoms with E-state index in [1.165, 1.54) is 6.07 Å². The van der Waals surface area contributed by atoms with Crippen molar-refractivity contribution in [2.75, 3.05) is 13.6 Å². The standard InChI is InChI=1S/C12H15N3O3/c1-13-6-2-5-9-14-10(12(17)18)11-8(16)4-3-7-15(9)11/h3-4,7,13,16H,2,5-6H2,1H3,(H,17,18). The minimum Gasteiger partial charge on any atom is -0.506 e. The molecule has 2 heterocycles. The van der Waals surface area contributed by atoms with Crippen molar-refractivity contribution in [2.45, 2.75) is 12.8 Å². The Morgan fingerprint density at radius 3 is 3.00 bits per heavy atom. The van der Waals surface area contributed by atoms with Gasteiger partial charge in [0, 0.05) is 12.6 Å². The zero-order chi connectivity index (χ0) is 13.1. The topological polar surface area (TPSA) is 86.9 Å². The predicted octanol–water partition coefficient (Wildman–Crippen LogP) is 0.890. The van der Waals surface area contributed by atoms with Gasteiger partial charge in [-0.1, -0.05) is 0 Å². The smallest absolute Gasteiger partial charge is 0.356 e. The summed E-state index contributed by atoms with van der Waals surface area (Å²) in [7, 11) is 1.86. The van der Waals surface area contributed by atoms with Crippen LogP contribution in [0.25, 0.3) is 5.52 Å². The Morgan fingerprint density at radius 1 is 1.56 bits per heavy atom. The van der Waals surface area contributed by atoms with Gasteiger partial charge in [0.2, 0.25) is 0 Å². The summed E-state index contributed by atoms with van der Waals surface area (Å²) in [6, 6.07) is 3.12. The van der Waals surface area contributed by atoms with Crippen LogP contribution in [-0.4, -0.2) is 39.2 Å². The van der Waals surface area contributed by atoms with E-state index in [4.69, 9.17) is 5.11 Å². The lowest BCUT2D eigenvalue weighted by molar-refractivity contribution is 0.0693. The number of hydrogen-bond donors (Lipinski definition) is 3. The molecule has 0 aliphatic heterocycles. The SMILES string of the molecule is CNCCCc1nc(C(=O)O)c2c(O)cccn12. The van der Waals surface area contributed by atoms with Crippen molar-refractivity contribution in [1.82, 2.24) is 14.7 Å². The predicted molar refractivity (Wildman–Crippen MR) is 66.1 cm³/mol. The molecule has 0 saturated carbocycles. The molecule has 0 fully saturated rings. The quantitative estimate of drug-likeness (QED) is 0.685. The second-order valence-electron chi connectivity index (χ2n) is 4.00.